The Morgan fingerprint density at radius 2 is 1.04 bits per heavy atom. The Hall–Kier alpha value is -5.22. The van der Waals surface area contributed by atoms with E-state index in [9.17, 15) is 29.4 Å². The van der Waals surface area contributed by atoms with E-state index in [1.165, 1.54) is 0 Å². The molecule has 294 valence electrons. The van der Waals surface area contributed by atoms with Crippen molar-refractivity contribution in [1.29, 1.82) is 0 Å². The van der Waals surface area contributed by atoms with Gasteiger partial charge in [-0.1, -0.05) is 71.7 Å². The fourth-order valence-corrected chi connectivity index (χ4v) is 7.42. The quantitative estimate of drug-likeness (QED) is 0.0887. The van der Waals surface area contributed by atoms with E-state index < -0.39 is 24.0 Å². The van der Waals surface area contributed by atoms with Crippen LogP contribution in [0.5, 0.6) is 11.5 Å². The van der Waals surface area contributed by atoms with Crippen LogP contribution in [0.15, 0.2) is 72.8 Å². The Morgan fingerprint density at radius 3 is 1.41 bits per heavy atom. The van der Waals surface area contributed by atoms with Gasteiger partial charge in [0, 0.05) is 60.5 Å². The molecule has 0 saturated carbocycles. The zero-order chi connectivity index (χ0) is 39.9. The predicted octanol–water partition coefficient (Wildman–Crippen LogP) is 4.30. The summed E-state index contributed by atoms with van der Waals surface area (Å²) in [6.07, 6.45) is -0.498. The summed E-state index contributed by atoms with van der Waals surface area (Å²) in [5.41, 5.74) is 5.36. The molecule has 2 heterocycles. The Bertz CT molecular complexity index is 1980. The van der Waals surface area contributed by atoms with E-state index in [0.29, 0.717) is 55.2 Å². The minimum absolute atomic E-state index is 0.176. The normalized spacial score (nSPS) is 14.7. The molecule has 2 amide bonds. The molecule has 16 heteroatoms. The highest BCUT2D eigenvalue weighted by Crippen LogP contribution is 2.45. The second-order valence-electron chi connectivity index (χ2n) is 13.2. The van der Waals surface area contributed by atoms with Crippen molar-refractivity contribution < 1.29 is 49.1 Å². The van der Waals surface area contributed by atoms with Gasteiger partial charge in [-0.25, -0.2) is 0 Å². The first kappa shape index (κ1) is 40.4. The summed E-state index contributed by atoms with van der Waals surface area (Å²) in [5.74, 6) is -1.63. The minimum Gasteiger partial charge on any atom is -0.482 e. The molecular formula is C40H40Cl2N4O10. The molecule has 0 saturated heterocycles. The Labute approximate surface area is 332 Å². The standard InChI is InChI=1S/C40H40Cl2N4O10/c41-39-27(23-7-9-31-33(15-23)55-21-35(49)45(31)13-11-43-25(19-47)17-37(51)52)3-1-5-29(39)30-6-2-4-28(40(30)42)24-8-10-32-34(16-24)56-22-36(50)46(32)14-12-44-26(20-48)18-38(53)54/h1-10,15-16,25-26,43-44,47-48H,11-14,17-22H2,(H,51,52)(H,53,54)/t25-,26-/m1/s1. The molecule has 4 aromatic rings. The van der Waals surface area contributed by atoms with Crippen LogP contribution < -0.4 is 29.9 Å². The molecule has 4 aromatic carbocycles. The van der Waals surface area contributed by atoms with Crippen LogP contribution in [0.25, 0.3) is 33.4 Å². The van der Waals surface area contributed by atoms with Gasteiger partial charge in [0.15, 0.2) is 13.2 Å². The molecule has 14 nitrogen and oxygen atoms in total. The zero-order valence-corrected chi connectivity index (χ0v) is 31.6. The summed E-state index contributed by atoms with van der Waals surface area (Å²) in [7, 11) is 0. The molecule has 0 aromatic heterocycles. The summed E-state index contributed by atoms with van der Waals surface area (Å²) in [5, 5.41) is 43.9. The monoisotopic (exact) mass is 806 g/mol. The lowest BCUT2D eigenvalue weighted by atomic mass is 9.95. The number of benzene rings is 4. The predicted molar refractivity (Wildman–Crippen MR) is 211 cm³/mol. The first-order chi connectivity index (χ1) is 27.0. The van der Waals surface area contributed by atoms with Gasteiger partial charge in [-0.15, -0.1) is 0 Å². The SMILES string of the molecule is O=C(O)C[C@H](CO)NCCN1C(=O)COc2cc(-c3cccc(-c4cccc(-c5ccc6c(c5)OCC(=O)N6CCN[C@@H](CO)CC(=O)O)c4Cl)c3Cl)ccc21. The number of hydrogen-bond acceptors (Lipinski definition) is 10. The highest BCUT2D eigenvalue weighted by molar-refractivity contribution is 6.39. The fraction of sp³-hybridized carbons (Fsp3) is 0.300. The molecule has 0 aliphatic carbocycles. The van der Waals surface area contributed by atoms with Crippen LogP contribution in [0.4, 0.5) is 11.4 Å². The number of fused-ring (bicyclic) bond motifs is 2. The van der Waals surface area contributed by atoms with Crippen LogP contribution in [0.3, 0.4) is 0 Å². The molecular weight excluding hydrogens is 767 g/mol. The van der Waals surface area contributed by atoms with Crippen molar-refractivity contribution in [2.24, 2.45) is 0 Å². The molecule has 0 bridgehead atoms. The van der Waals surface area contributed by atoms with Crippen molar-refractivity contribution in [2.45, 2.75) is 24.9 Å². The fourth-order valence-electron chi connectivity index (χ4n) is 6.75. The number of rotatable bonds is 17. The van der Waals surface area contributed by atoms with Crippen molar-refractivity contribution >= 4 is 58.3 Å². The van der Waals surface area contributed by atoms with Crippen molar-refractivity contribution in [3.63, 3.8) is 0 Å². The number of carbonyl (C=O) groups excluding carboxylic acids is 2. The number of nitrogens with one attached hydrogen (secondary N) is 2. The molecule has 2 aliphatic rings. The average Bonchev–Trinajstić information content (AvgIpc) is 3.18. The number of hydrogen-bond donors (Lipinski definition) is 6. The Kier molecular flexibility index (Phi) is 13.1. The highest BCUT2D eigenvalue weighted by Gasteiger charge is 2.28. The van der Waals surface area contributed by atoms with E-state index in [4.69, 9.17) is 42.9 Å². The molecule has 0 fully saturated rings. The third-order valence-corrected chi connectivity index (χ3v) is 10.3. The first-order valence-electron chi connectivity index (χ1n) is 17.8. The van der Waals surface area contributed by atoms with Crippen LogP contribution in [-0.2, 0) is 19.2 Å². The van der Waals surface area contributed by atoms with Crippen molar-refractivity contribution in [1.82, 2.24) is 10.6 Å². The number of aliphatic hydroxyl groups excluding tert-OH is 2. The van der Waals surface area contributed by atoms with Crippen LogP contribution in [0, 0.1) is 0 Å². The van der Waals surface area contributed by atoms with E-state index in [1.807, 2.05) is 60.7 Å². The third kappa shape index (κ3) is 9.07. The van der Waals surface area contributed by atoms with Gasteiger partial charge in [0.05, 0.1) is 47.5 Å². The number of carbonyl (C=O) groups is 4. The van der Waals surface area contributed by atoms with Crippen LogP contribution in [-0.4, -0.2) is 109 Å². The lowest BCUT2D eigenvalue weighted by Gasteiger charge is -2.30. The maximum atomic E-state index is 12.8. The smallest absolute Gasteiger partial charge is 0.305 e. The van der Waals surface area contributed by atoms with E-state index >= 15 is 0 Å². The van der Waals surface area contributed by atoms with Crippen molar-refractivity contribution in [3.05, 3.63) is 82.8 Å². The molecule has 56 heavy (non-hydrogen) atoms. The summed E-state index contributed by atoms with van der Waals surface area (Å²) < 4.78 is 11.6. The number of ether oxygens (including phenoxy) is 2. The summed E-state index contributed by atoms with van der Waals surface area (Å²) in [6, 6.07) is 20.8. The van der Waals surface area contributed by atoms with Crippen LogP contribution >= 0.6 is 23.2 Å². The van der Waals surface area contributed by atoms with Crippen LogP contribution in [0.2, 0.25) is 10.0 Å². The number of halogens is 2. The van der Waals surface area contributed by atoms with Gasteiger partial charge in [0.25, 0.3) is 11.8 Å². The number of amides is 2. The largest absolute Gasteiger partial charge is 0.482 e. The average molecular weight is 808 g/mol. The molecule has 0 radical (unpaired) electrons. The van der Waals surface area contributed by atoms with E-state index in [-0.39, 0.29) is 77.3 Å². The number of carboxylic acid groups (broad SMARTS) is 2. The number of aliphatic hydroxyl groups is 2. The number of anilines is 2. The Morgan fingerprint density at radius 1 is 0.643 bits per heavy atom. The maximum absolute atomic E-state index is 12.8. The summed E-state index contributed by atoms with van der Waals surface area (Å²) in [6.45, 7) is -0.0548. The topological polar surface area (TPSA) is 198 Å². The lowest BCUT2D eigenvalue weighted by molar-refractivity contribution is -0.138. The van der Waals surface area contributed by atoms with Crippen molar-refractivity contribution in [2.75, 3.05) is 62.4 Å². The summed E-state index contributed by atoms with van der Waals surface area (Å²) >= 11 is 14.2. The van der Waals surface area contributed by atoms with Crippen LogP contribution in [0.1, 0.15) is 12.8 Å². The summed E-state index contributed by atoms with van der Waals surface area (Å²) in [4.78, 5) is 50.8. The van der Waals surface area contributed by atoms with Gasteiger partial charge in [-0.3, -0.25) is 19.2 Å². The second-order valence-corrected chi connectivity index (χ2v) is 14.0. The molecule has 0 spiro atoms. The number of carboxylic acids is 2. The van der Waals surface area contributed by atoms with Gasteiger partial charge >= 0.3 is 11.9 Å². The van der Waals surface area contributed by atoms with E-state index in [2.05, 4.69) is 10.6 Å². The maximum Gasteiger partial charge on any atom is 0.305 e. The first-order valence-corrected chi connectivity index (χ1v) is 18.6. The van der Waals surface area contributed by atoms with Gasteiger partial charge in [0.2, 0.25) is 0 Å². The third-order valence-electron chi connectivity index (χ3n) is 9.53. The number of aliphatic carboxylic acids is 2. The second kappa shape index (κ2) is 18.2. The molecule has 6 N–H and O–H groups in total. The highest BCUT2D eigenvalue weighted by atomic mass is 35.5. The van der Waals surface area contributed by atoms with Gasteiger partial charge in [0.1, 0.15) is 11.5 Å². The van der Waals surface area contributed by atoms with E-state index in [0.717, 1.165) is 11.1 Å². The molecule has 6 rings (SSSR count). The number of nitrogens with zero attached hydrogens (tertiary/aromatic N) is 2. The molecule has 2 atom stereocenters. The van der Waals surface area contributed by atoms with Gasteiger partial charge in [-0.05, 0) is 35.4 Å². The zero-order valence-electron chi connectivity index (χ0n) is 30.0. The molecule has 0 unspecified atom stereocenters. The van der Waals surface area contributed by atoms with Gasteiger partial charge < -0.3 is 50.3 Å². The Balaban J connectivity index is 1.22. The minimum atomic E-state index is -1.04. The van der Waals surface area contributed by atoms with Gasteiger partial charge in [-0.2, -0.15) is 0 Å². The van der Waals surface area contributed by atoms with E-state index in [1.54, 1.807) is 21.9 Å². The van der Waals surface area contributed by atoms with Crippen molar-refractivity contribution in [3.8, 4) is 44.9 Å². The molecule has 2 aliphatic heterocycles. The lowest BCUT2D eigenvalue weighted by Crippen LogP contribution is -2.45.